The predicted octanol–water partition coefficient (Wildman–Crippen LogP) is 3.15. The van der Waals surface area contributed by atoms with Crippen LogP contribution >= 0.6 is 11.6 Å². The van der Waals surface area contributed by atoms with Gasteiger partial charge in [-0.3, -0.25) is 4.79 Å². The van der Waals surface area contributed by atoms with E-state index in [0.29, 0.717) is 42.6 Å². The third kappa shape index (κ3) is 3.83. The molecule has 4 rings (SSSR count). The summed E-state index contributed by atoms with van der Waals surface area (Å²) in [5.41, 5.74) is 6.96. The summed E-state index contributed by atoms with van der Waals surface area (Å²) in [5, 5.41) is 9.20. The van der Waals surface area contributed by atoms with Crippen molar-refractivity contribution in [2.45, 2.75) is 19.5 Å². The molecule has 29 heavy (non-hydrogen) atoms. The largest absolute Gasteiger partial charge is 0.491 e. The molecule has 0 fully saturated rings. The van der Waals surface area contributed by atoms with Crippen LogP contribution in [0.5, 0.6) is 5.75 Å². The minimum absolute atomic E-state index is 0.0282. The van der Waals surface area contributed by atoms with Crippen molar-refractivity contribution in [3.63, 3.8) is 0 Å². The molecule has 1 aliphatic rings. The monoisotopic (exact) mass is 411 g/mol. The number of carbonyl (C=O) groups is 1. The first kappa shape index (κ1) is 19.4. The standard InChI is InChI=1S/C21H22ClN5O2/c1-14-12-26(21(28)17-11-16(22)7-8-18(17)29-10-9-23)13-19-24-25-20(27(14)19)15-5-3-2-4-6-15/h2-8,11,14H,9-10,12-13,23H2,1H3/t14-/m0/s1. The summed E-state index contributed by atoms with van der Waals surface area (Å²) in [5.74, 6) is 1.90. The lowest BCUT2D eigenvalue weighted by Crippen LogP contribution is -2.40. The Hall–Kier alpha value is -2.90. The lowest BCUT2D eigenvalue weighted by Gasteiger charge is -2.33. The van der Waals surface area contributed by atoms with Gasteiger partial charge in [-0.05, 0) is 25.1 Å². The highest BCUT2D eigenvalue weighted by atomic mass is 35.5. The zero-order chi connectivity index (χ0) is 20.4. The molecule has 2 aromatic carbocycles. The number of hydrogen-bond donors (Lipinski definition) is 1. The van der Waals surface area contributed by atoms with E-state index in [1.54, 1.807) is 23.1 Å². The molecule has 0 radical (unpaired) electrons. The van der Waals surface area contributed by atoms with Crippen molar-refractivity contribution in [1.29, 1.82) is 0 Å². The quantitative estimate of drug-likeness (QED) is 0.696. The SMILES string of the molecule is C[C@H]1CN(C(=O)c2cc(Cl)ccc2OCCN)Cc2nnc(-c3ccccc3)n21. The van der Waals surface area contributed by atoms with Gasteiger partial charge in [0.15, 0.2) is 11.6 Å². The fourth-order valence-electron chi connectivity index (χ4n) is 3.60. The van der Waals surface area contributed by atoms with E-state index in [2.05, 4.69) is 21.7 Å². The molecular weight excluding hydrogens is 390 g/mol. The maximum absolute atomic E-state index is 13.3. The number of nitrogens with zero attached hydrogens (tertiary/aromatic N) is 4. The van der Waals surface area contributed by atoms with Crippen molar-refractivity contribution >= 4 is 17.5 Å². The van der Waals surface area contributed by atoms with E-state index in [0.717, 1.165) is 17.2 Å². The van der Waals surface area contributed by atoms with E-state index >= 15 is 0 Å². The third-order valence-electron chi connectivity index (χ3n) is 4.89. The number of nitrogens with two attached hydrogens (primary N) is 1. The van der Waals surface area contributed by atoms with Gasteiger partial charge in [-0.1, -0.05) is 41.9 Å². The maximum Gasteiger partial charge on any atom is 0.258 e. The zero-order valence-corrected chi connectivity index (χ0v) is 16.8. The van der Waals surface area contributed by atoms with Gasteiger partial charge in [0.25, 0.3) is 5.91 Å². The van der Waals surface area contributed by atoms with Gasteiger partial charge in [0.2, 0.25) is 0 Å². The number of ether oxygens (including phenoxy) is 1. The highest BCUT2D eigenvalue weighted by Gasteiger charge is 2.31. The van der Waals surface area contributed by atoms with E-state index in [1.165, 1.54) is 0 Å². The first-order chi connectivity index (χ1) is 14.1. The van der Waals surface area contributed by atoms with Crippen LogP contribution in [0, 0.1) is 0 Å². The van der Waals surface area contributed by atoms with Gasteiger partial charge >= 0.3 is 0 Å². The van der Waals surface area contributed by atoms with Crippen molar-refractivity contribution in [1.82, 2.24) is 19.7 Å². The number of carbonyl (C=O) groups excluding carboxylic acids is 1. The van der Waals surface area contributed by atoms with Crippen molar-refractivity contribution in [2.24, 2.45) is 5.73 Å². The van der Waals surface area contributed by atoms with Crippen LogP contribution < -0.4 is 10.5 Å². The molecule has 2 N–H and O–H groups in total. The van der Waals surface area contributed by atoms with Gasteiger partial charge in [0.1, 0.15) is 12.4 Å². The summed E-state index contributed by atoms with van der Waals surface area (Å²) in [6, 6.07) is 15.0. The van der Waals surface area contributed by atoms with Crippen LogP contribution in [0.3, 0.4) is 0 Å². The molecule has 7 nitrogen and oxygen atoms in total. The zero-order valence-electron chi connectivity index (χ0n) is 16.1. The number of hydrogen-bond acceptors (Lipinski definition) is 5. The van der Waals surface area contributed by atoms with Gasteiger partial charge in [-0.15, -0.1) is 10.2 Å². The highest BCUT2D eigenvalue weighted by Crippen LogP contribution is 2.30. The number of fused-ring (bicyclic) bond motifs is 1. The van der Waals surface area contributed by atoms with Gasteiger partial charge in [0, 0.05) is 23.7 Å². The summed E-state index contributed by atoms with van der Waals surface area (Å²) in [6.45, 7) is 3.65. The Balaban J connectivity index is 1.63. The van der Waals surface area contributed by atoms with Crippen LogP contribution in [-0.4, -0.2) is 45.3 Å². The average Bonchev–Trinajstić information content (AvgIpc) is 3.17. The molecule has 0 saturated carbocycles. The minimum atomic E-state index is -0.151. The van der Waals surface area contributed by atoms with E-state index < -0.39 is 0 Å². The normalized spacial score (nSPS) is 15.8. The molecule has 0 saturated heterocycles. The number of amides is 1. The third-order valence-corrected chi connectivity index (χ3v) is 5.13. The first-order valence-corrected chi connectivity index (χ1v) is 9.87. The molecule has 0 spiro atoms. The van der Waals surface area contributed by atoms with E-state index in [9.17, 15) is 4.79 Å². The van der Waals surface area contributed by atoms with Gasteiger partial charge < -0.3 is 19.9 Å². The van der Waals surface area contributed by atoms with Crippen molar-refractivity contribution in [3.8, 4) is 17.1 Å². The van der Waals surface area contributed by atoms with Crippen molar-refractivity contribution < 1.29 is 9.53 Å². The molecule has 150 valence electrons. The molecular formula is C21H22ClN5O2. The van der Waals surface area contributed by atoms with Crippen LogP contribution in [0.15, 0.2) is 48.5 Å². The number of benzene rings is 2. The Labute approximate surface area is 174 Å². The lowest BCUT2D eigenvalue weighted by molar-refractivity contribution is 0.0678. The van der Waals surface area contributed by atoms with E-state index in [-0.39, 0.29) is 11.9 Å². The maximum atomic E-state index is 13.3. The highest BCUT2D eigenvalue weighted by molar-refractivity contribution is 6.31. The van der Waals surface area contributed by atoms with Crippen LogP contribution in [-0.2, 0) is 6.54 Å². The number of rotatable bonds is 5. The molecule has 1 aliphatic heterocycles. The topological polar surface area (TPSA) is 86.3 Å². The van der Waals surface area contributed by atoms with Crippen molar-refractivity contribution in [3.05, 3.63) is 64.9 Å². The van der Waals surface area contributed by atoms with Crippen LogP contribution in [0.4, 0.5) is 0 Å². The number of halogens is 1. The van der Waals surface area contributed by atoms with Crippen LogP contribution in [0.25, 0.3) is 11.4 Å². The Morgan fingerprint density at radius 3 is 2.79 bits per heavy atom. The summed E-state index contributed by atoms with van der Waals surface area (Å²) in [6.07, 6.45) is 0. The molecule has 8 heteroatoms. The Kier molecular flexibility index (Phi) is 5.51. The Morgan fingerprint density at radius 2 is 2.03 bits per heavy atom. The molecule has 1 aromatic heterocycles. The van der Waals surface area contributed by atoms with Crippen LogP contribution in [0.2, 0.25) is 5.02 Å². The van der Waals surface area contributed by atoms with E-state index in [4.69, 9.17) is 22.1 Å². The van der Waals surface area contributed by atoms with Crippen LogP contribution in [0.1, 0.15) is 29.1 Å². The van der Waals surface area contributed by atoms with Gasteiger partial charge in [-0.25, -0.2) is 0 Å². The fourth-order valence-corrected chi connectivity index (χ4v) is 3.78. The summed E-state index contributed by atoms with van der Waals surface area (Å²) < 4.78 is 7.75. The first-order valence-electron chi connectivity index (χ1n) is 9.49. The fraction of sp³-hybridized carbons (Fsp3) is 0.286. The second kappa shape index (κ2) is 8.23. The second-order valence-electron chi connectivity index (χ2n) is 6.99. The molecule has 0 aliphatic carbocycles. The number of aromatic nitrogens is 3. The van der Waals surface area contributed by atoms with Gasteiger partial charge in [0.05, 0.1) is 18.2 Å². The molecule has 2 heterocycles. The summed E-state index contributed by atoms with van der Waals surface area (Å²) in [7, 11) is 0. The van der Waals surface area contributed by atoms with Crippen molar-refractivity contribution in [2.75, 3.05) is 19.7 Å². The predicted molar refractivity (Wildman–Crippen MR) is 111 cm³/mol. The molecule has 1 atom stereocenters. The summed E-state index contributed by atoms with van der Waals surface area (Å²) in [4.78, 5) is 15.0. The lowest BCUT2D eigenvalue weighted by atomic mass is 10.1. The van der Waals surface area contributed by atoms with Gasteiger partial charge in [-0.2, -0.15) is 0 Å². The molecule has 3 aromatic rings. The summed E-state index contributed by atoms with van der Waals surface area (Å²) >= 11 is 6.14. The van der Waals surface area contributed by atoms with E-state index in [1.807, 2.05) is 30.3 Å². The second-order valence-corrected chi connectivity index (χ2v) is 7.42. The molecule has 0 bridgehead atoms. The average molecular weight is 412 g/mol. The minimum Gasteiger partial charge on any atom is -0.491 e. The molecule has 0 unspecified atom stereocenters. The molecule has 1 amide bonds. The smallest absolute Gasteiger partial charge is 0.258 e. The Bertz CT molecular complexity index is 1020. The Morgan fingerprint density at radius 1 is 1.24 bits per heavy atom.